The third-order valence-corrected chi connectivity index (χ3v) is 6.48. The predicted molar refractivity (Wildman–Crippen MR) is 111 cm³/mol. The summed E-state index contributed by atoms with van der Waals surface area (Å²) in [6.45, 7) is 11.3. The van der Waals surface area contributed by atoms with Gasteiger partial charge in [-0.3, -0.25) is 14.6 Å². The first kappa shape index (κ1) is 19.2. The van der Waals surface area contributed by atoms with Gasteiger partial charge in [0.25, 0.3) is 0 Å². The van der Waals surface area contributed by atoms with E-state index in [4.69, 9.17) is 4.98 Å². The minimum Gasteiger partial charge on any atom is -0.339 e. The van der Waals surface area contributed by atoms with Crippen LogP contribution in [0.2, 0.25) is 0 Å². The van der Waals surface area contributed by atoms with Crippen LogP contribution < -0.4 is 0 Å². The van der Waals surface area contributed by atoms with Crippen LogP contribution in [-0.4, -0.2) is 75.3 Å². The third-order valence-electron chi connectivity index (χ3n) is 6.48. The Hall–Kier alpha value is -2.18. The molecule has 150 valence electrons. The van der Waals surface area contributed by atoms with Crippen molar-refractivity contribution in [2.45, 2.75) is 38.3 Å². The van der Waals surface area contributed by atoms with Gasteiger partial charge in [-0.15, -0.1) is 6.58 Å². The summed E-state index contributed by atoms with van der Waals surface area (Å²) in [6.07, 6.45) is 8.62. The highest BCUT2D eigenvalue weighted by Crippen LogP contribution is 2.32. The molecule has 4 heterocycles. The molecule has 2 aliphatic rings. The molecule has 1 unspecified atom stereocenters. The number of imidazole rings is 1. The standard InChI is InChI=1S/C22H31N5O/c1-4-9-26-11-8-22(7-5-21(26)28)17-25(13-12-24(22)3)15-19-16-27-10-6-18(2)14-20(27)23-19/h4,6,10,14,16H,1,5,7-9,11-13,15,17H2,2-3H3. The van der Waals surface area contributed by atoms with Crippen LogP contribution in [0.4, 0.5) is 0 Å². The van der Waals surface area contributed by atoms with Crippen molar-refractivity contribution in [2.24, 2.45) is 0 Å². The molecule has 1 amide bonds. The molecule has 28 heavy (non-hydrogen) atoms. The summed E-state index contributed by atoms with van der Waals surface area (Å²) < 4.78 is 2.10. The van der Waals surface area contributed by atoms with E-state index >= 15 is 0 Å². The van der Waals surface area contributed by atoms with Crippen LogP contribution >= 0.6 is 0 Å². The monoisotopic (exact) mass is 381 g/mol. The van der Waals surface area contributed by atoms with Crippen LogP contribution in [0.1, 0.15) is 30.5 Å². The zero-order valence-corrected chi connectivity index (χ0v) is 17.1. The quantitative estimate of drug-likeness (QED) is 0.763. The van der Waals surface area contributed by atoms with E-state index < -0.39 is 0 Å². The van der Waals surface area contributed by atoms with Gasteiger partial charge in [-0.25, -0.2) is 4.98 Å². The number of carbonyl (C=O) groups excluding carboxylic acids is 1. The summed E-state index contributed by atoms with van der Waals surface area (Å²) in [5, 5.41) is 0. The topological polar surface area (TPSA) is 44.1 Å². The van der Waals surface area contributed by atoms with Gasteiger partial charge in [0.05, 0.1) is 5.69 Å². The summed E-state index contributed by atoms with van der Waals surface area (Å²) in [5.74, 6) is 0.262. The number of hydrogen-bond donors (Lipinski definition) is 0. The molecular weight excluding hydrogens is 350 g/mol. The van der Waals surface area contributed by atoms with Crippen molar-refractivity contribution in [3.63, 3.8) is 0 Å². The molecule has 0 aromatic carbocycles. The molecule has 2 saturated heterocycles. The Morgan fingerprint density at radius 3 is 2.96 bits per heavy atom. The molecule has 6 nitrogen and oxygen atoms in total. The van der Waals surface area contributed by atoms with E-state index in [0.29, 0.717) is 13.0 Å². The van der Waals surface area contributed by atoms with Crippen LogP contribution in [0, 0.1) is 6.92 Å². The maximum Gasteiger partial charge on any atom is 0.222 e. The Morgan fingerprint density at radius 2 is 2.14 bits per heavy atom. The largest absolute Gasteiger partial charge is 0.339 e. The molecule has 0 aliphatic carbocycles. The Labute approximate surface area is 167 Å². The Morgan fingerprint density at radius 1 is 1.29 bits per heavy atom. The van der Waals surface area contributed by atoms with E-state index in [1.807, 2.05) is 11.0 Å². The maximum absolute atomic E-state index is 12.5. The summed E-state index contributed by atoms with van der Waals surface area (Å²) in [6, 6.07) is 4.24. The fourth-order valence-electron chi connectivity index (χ4n) is 4.70. The van der Waals surface area contributed by atoms with Crippen LogP contribution in [0.15, 0.2) is 37.2 Å². The number of rotatable bonds is 4. The summed E-state index contributed by atoms with van der Waals surface area (Å²) in [4.78, 5) is 24.3. The number of carbonyl (C=O) groups is 1. The van der Waals surface area contributed by atoms with Crippen LogP contribution in [0.3, 0.4) is 0 Å². The van der Waals surface area contributed by atoms with Gasteiger partial charge in [-0.05, 0) is 44.5 Å². The lowest BCUT2D eigenvalue weighted by Gasteiger charge is -2.49. The summed E-state index contributed by atoms with van der Waals surface area (Å²) >= 11 is 0. The van der Waals surface area contributed by atoms with Gasteiger partial charge < -0.3 is 9.30 Å². The number of fused-ring (bicyclic) bond motifs is 1. The Bertz CT molecular complexity index is 875. The highest BCUT2D eigenvalue weighted by atomic mass is 16.2. The van der Waals surface area contributed by atoms with Crippen molar-refractivity contribution in [1.82, 2.24) is 24.1 Å². The van der Waals surface area contributed by atoms with Crippen LogP contribution in [-0.2, 0) is 11.3 Å². The molecule has 2 aromatic rings. The molecule has 1 atom stereocenters. The number of likely N-dealkylation sites (N-methyl/N-ethyl adjacent to an activating group) is 1. The SMILES string of the molecule is C=CCN1CCC2(CCC1=O)CN(Cc1cn3ccc(C)cc3n1)CCN2C. The van der Waals surface area contributed by atoms with Crippen molar-refractivity contribution in [2.75, 3.05) is 39.8 Å². The predicted octanol–water partition coefficient (Wildman–Crippen LogP) is 2.33. The van der Waals surface area contributed by atoms with E-state index in [1.165, 1.54) is 5.56 Å². The minimum absolute atomic E-state index is 0.0690. The van der Waals surface area contributed by atoms with Gasteiger partial charge in [0.2, 0.25) is 5.91 Å². The number of likely N-dealkylation sites (tertiary alicyclic amines) is 1. The molecule has 0 N–H and O–H groups in total. The normalized spacial score (nSPS) is 24.8. The van der Waals surface area contributed by atoms with E-state index in [1.54, 1.807) is 0 Å². The number of aryl methyl sites for hydroxylation is 1. The Balaban J connectivity index is 1.49. The first-order chi connectivity index (χ1) is 13.5. The second-order valence-electron chi connectivity index (χ2n) is 8.44. The number of nitrogens with zero attached hydrogens (tertiary/aromatic N) is 5. The lowest BCUT2D eigenvalue weighted by Crippen LogP contribution is -2.60. The molecule has 0 radical (unpaired) electrons. The van der Waals surface area contributed by atoms with Crippen molar-refractivity contribution >= 4 is 11.6 Å². The van der Waals surface area contributed by atoms with E-state index in [2.05, 4.69) is 59.3 Å². The summed E-state index contributed by atoms with van der Waals surface area (Å²) in [5.41, 5.74) is 3.43. The van der Waals surface area contributed by atoms with Crippen LogP contribution in [0.25, 0.3) is 5.65 Å². The molecule has 4 rings (SSSR count). The average molecular weight is 382 g/mol. The van der Waals surface area contributed by atoms with Crippen LogP contribution in [0.5, 0.6) is 0 Å². The lowest BCUT2D eigenvalue weighted by atomic mass is 9.86. The highest BCUT2D eigenvalue weighted by molar-refractivity contribution is 5.76. The molecule has 2 aromatic heterocycles. The second-order valence-corrected chi connectivity index (χ2v) is 8.44. The zero-order chi connectivity index (χ0) is 19.7. The third kappa shape index (κ3) is 3.71. The molecule has 1 spiro atoms. The van der Waals surface area contributed by atoms with Gasteiger partial charge in [0, 0.05) is 63.6 Å². The number of aromatic nitrogens is 2. The molecule has 0 bridgehead atoms. The first-order valence-electron chi connectivity index (χ1n) is 10.3. The van der Waals surface area contributed by atoms with Gasteiger partial charge in [0.1, 0.15) is 5.65 Å². The van der Waals surface area contributed by atoms with Crippen molar-refractivity contribution in [3.8, 4) is 0 Å². The molecule has 0 saturated carbocycles. The maximum atomic E-state index is 12.5. The first-order valence-corrected chi connectivity index (χ1v) is 10.3. The smallest absolute Gasteiger partial charge is 0.222 e. The van der Waals surface area contributed by atoms with Gasteiger partial charge in [0.15, 0.2) is 0 Å². The molecule has 6 heteroatoms. The fraction of sp³-hybridized carbons (Fsp3) is 0.545. The lowest BCUT2D eigenvalue weighted by molar-refractivity contribution is -0.130. The summed E-state index contributed by atoms with van der Waals surface area (Å²) in [7, 11) is 2.22. The highest BCUT2D eigenvalue weighted by Gasteiger charge is 2.42. The Kier molecular flexibility index (Phi) is 5.25. The second kappa shape index (κ2) is 7.68. The van der Waals surface area contributed by atoms with Gasteiger partial charge >= 0.3 is 0 Å². The zero-order valence-electron chi connectivity index (χ0n) is 17.1. The number of amides is 1. The fourth-order valence-corrected chi connectivity index (χ4v) is 4.70. The minimum atomic E-state index is 0.0690. The average Bonchev–Trinajstić information content (AvgIpc) is 2.99. The van der Waals surface area contributed by atoms with Crippen molar-refractivity contribution < 1.29 is 4.79 Å². The number of pyridine rings is 1. The van der Waals surface area contributed by atoms with E-state index in [9.17, 15) is 4.79 Å². The van der Waals surface area contributed by atoms with Gasteiger partial charge in [-0.2, -0.15) is 0 Å². The molecule has 2 fully saturated rings. The molecule has 2 aliphatic heterocycles. The van der Waals surface area contributed by atoms with E-state index in [-0.39, 0.29) is 11.4 Å². The molecular formula is C22H31N5O. The number of piperazine rings is 1. The van der Waals surface area contributed by atoms with Gasteiger partial charge in [-0.1, -0.05) is 6.08 Å². The van der Waals surface area contributed by atoms with Crippen molar-refractivity contribution in [3.05, 3.63) is 48.4 Å². The van der Waals surface area contributed by atoms with Crippen molar-refractivity contribution in [1.29, 1.82) is 0 Å². The number of hydrogen-bond acceptors (Lipinski definition) is 4. The van der Waals surface area contributed by atoms with E-state index in [0.717, 1.165) is 56.9 Å².